The third kappa shape index (κ3) is 5.95. The first kappa shape index (κ1) is 24.2. The summed E-state index contributed by atoms with van der Waals surface area (Å²) in [7, 11) is -1.31. The van der Waals surface area contributed by atoms with Crippen molar-refractivity contribution >= 4 is 28.9 Å². The molecular weight excluding hydrogens is 460 g/mol. The van der Waals surface area contributed by atoms with E-state index in [0.29, 0.717) is 24.4 Å². The van der Waals surface area contributed by atoms with Crippen LogP contribution in [0.4, 0.5) is 14.5 Å². The summed E-state index contributed by atoms with van der Waals surface area (Å²) in [4.78, 5) is 17.5. The highest BCUT2D eigenvalue weighted by Crippen LogP contribution is 2.22. The fourth-order valence-corrected chi connectivity index (χ4v) is 5.33. The first-order chi connectivity index (χ1) is 16.5. The molecule has 2 aliphatic heterocycles. The number of anilines is 1. The third-order valence-electron chi connectivity index (χ3n) is 5.90. The summed E-state index contributed by atoms with van der Waals surface area (Å²) in [6, 6.07) is 16.7. The van der Waals surface area contributed by atoms with Crippen LogP contribution in [0.1, 0.15) is 24.0 Å². The number of nitrogens with zero attached hydrogens (tertiary/aromatic N) is 3. The SMILES string of the molecule is O=CC1CCCN1CCS(=O)N(Cc1ccc(C2=NCC=C(C(F)F)O2)cc1)c1ccccc1. The van der Waals surface area contributed by atoms with Crippen LogP contribution in [-0.2, 0) is 27.1 Å². The number of alkyl halides is 2. The molecule has 0 saturated carbocycles. The number of benzene rings is 2. The van der Waals surface area contributed by atoms with Gasteiger partial charge in [0.05, 0.1) is 24.9 Å². The molecular formula is C25H27F2N3O3S. The number of ether oxygens (including phenoxy) is 1. The molecule has 0 radical (unpaired) electrons. The van der Waals surface area contributed by atoms with Crippen molar-refractivity contribution in [3.8, 4) is 0 Å². The average Bonchev–Trinajstić information content (AvgIpc) is 3.34. The van der Waals surface area contributed by atoms with Gasteiger partial charge in [0.2, 0.25) is 5.90 Å². The van der Waals surface area contributed by atoms with Crippen molar-refractivity contribution in [1.82, 2.24) is 4.90 Å². The standard InChI is InChI=1S/C25H27F2N3O3S/c26-24(27)23-12-13-28-25(33-23)20-10-8-19(9-11-20)17-30(21-5-2-1-3-6-21)34(32)16-15-29-14-4-7-22(29)18-31/h1-3,5-6,8-12,18,22,24H,4,7,13-17H2. The Morgan fingerprint density at radius 1 is 1.18 bits per heavy atom. The van der Waals surface area contributed by atoms with E-state index in [1.54, 1.807) is 12.1 Å². The Morgan fingerprint density at radius 3 is 2.65 bits per heavy atom. The number of rotatable bonds is 10. The molecule has 6 nitrogen and oxygen atoms in total. The van der Waals surface area contributed by atoms with Crippen LogP contribution in [0.2, 0.25) is 0 Å². The lowest BCUT2D eigenvalue weighted by molar-refractivity contribution is -0.111. The Balaban J connectivity index is 1.45. The second kappa shape index (κ2) is 11.5. The number of halogens is 2. The minimum Gasteiger partial charge on any atom is -0.437 e. The van der Waals surface area contributed by atoms with Gasteiger partial charge in [0.15, 0.2) is 5.76 Å². The smallest absolute Gasteiger partial charge is 0.295 e. The van der Waals surface area contributed by atoms with E-state index in [-0.39, 0.29) is 24.2 Å². The highest BCUT2D eigenvalue weighted by molar-refractivity contribution is 7.86. The molecule has 2 aliphatic rings. The highest BCUT2D eigenvalue weighted by Gasteiger charge is 2.25. The van der Waals surface area contributed by atoms with Gasteiger partial charge < -0.3 is 9.53 Å². The molecule has 0 N–H and O–H groups in total. The fourth-order valence-electron chi connectivity index (χ4n) is 4.07. The van der Waals surface area contributed by atoms with Crippen molar-refractivity contribution in [3.05, 3.63) is 77.6 Å². The molecule has 2 unspecified atom stereocenters. The van der Waals surface area contributed by atoms with Crippen LogP contribution in [0.5, 0.6) is 0 Å². The Labute approximate surface area is 200 Å². The summed E-state index contributed by atoms with van der Waals surface area (Å²) in [5, 5.41) is 0. The number of hydrogen-bond donors (Lipinski definition) is 0. The molecule has 1 fully saturated rings. The van der Waals surface area contributed by atoms with Gasteiger partial charge in [-0.05, 0) is 55.3 Å². The first-order valence-electron chi connectivity index (χ1n) is 11.3. The molecule has 34 heavy (non-hydrogen) atoms. The minimum atomic E-state index is -2.68. The topological polar surface area (TPSA) is 62.2 Å². The van der Waals surface area contributed by atoms with Crippen molar-refractivity contribution < 1.29 is 22.5 Å². The van der Waals surface area contributed by atoms with Gasteiger partial charge in [-0.1, -0.05) is 30.3 Å². The minimum absolute atomic E-state index is 0.0833. The van der Waals surface area contributed by atoms with Crippen LogP contribution in [0.15, 0.2) is 71.4 Å². The first-order valence-corrected chi connectivity index (χ1v) is 12.5. The van der Waals surface area contributed by atoms with Gasteiger partial charge in [0.25, 0.3) is 6.43 Å². The lowest BCUT2D eigenvalue weighted by Crippen LogP contribution is -2.37. The van der Waals surface area contributed by atoms with Crippen molar-refractivity contribution in [2.75, 3.05) is 29.7 Å². The summed E-state index contributed by atoms with van der Waals surface area (Å²) in [5.74, 6) is 0.211. The number of carbonyl (C=O) groups is 1. The van der Waals surface area contributed by atoms with E-state index in [0.717, 1.165) is 36.9 Å². The van der Waals surface area contributed by atoms with Gasteiger partial charge in [-0.15, -0.1) is 0 Å². The highest BCUT2D eigenvalue weighted by atomic mass is 32.2. The number of allylic oxidation sites excluding steroid dienone is 1. The maximum absolute atomic E-state index is 13.3. The van der Waals surface area contributed by atoms with Gasteiger partial charge >= 0.3 is 0 Å². The van der Waals surface area contributed by atoms with Crippen LogP contribution in [-0.4, -0.2) is 59.1 Å². The van der Waals surface area contributed by atoms with E-state index in [1.165, 1.54) is 6.08 Å². The summed E-state index contributed by atoms with van der Waals surface area (Å²) in [5.41, 5.74) is 2.36. The lowest BCUT2D eigenvalue weighted by atomic mass is 10.1. The normalized spacial score (nSPS) is 19.3. The van der Waals surface area contributed by atoms with E-state index < -0.39 is 17.4 Å². The van der Waals surface area contributed by atoms with Crippen LogP contribution >= 0.6 is 0 Å². The molecule has 2 atom stereocenters. The maximum Gasteiger partial charge on any atom is 0.295 e. The molecule has 4 rings (SSSR count). The Bertz CT molecular complexity index is 1060. The van der Waals surface area contributed by atoms with Crippen molar-refractivity contribution in [3.63, 3.8) is 0 Å². The number of aldehydes is 1. The second-order valence-corrected chi connectivity index (χ2v) is 9.62. The Hall–Kier alpha value is -2.91. The van der Waals surface area contributed by atoms with Gasteiger partial charge in [-0.25, -0.2) is 18.0 Å². The predicted molar refractivity (Wildman–Crippen MR) is 129 cm³/mol. The fraction of sp³-hybridized carbons (Fsp3) is 0.360. The zero-order chi connectivity index (χ0) is 23.9. The molecule has 180 valence electrons. The quantitative estimate of drug-likeness (QED) is 0.476. The molecule has 0 amide bonds. The molecule has 0 spiro atoms. The number of likely N-dealkylation sites (tertiary alicyclic amines) is 1. The number of aliphatic imine (C=N–C) groups is 1. The number of carbonyl (C=O) groups excluding carboxylic acids is 1. The van der Waals surface area contributed by atoms with Crippen molar-refractivity contribution in [2.24, 2.45) is 4.99 Å². The van der Waals surface area contributed by atoms with E-state index in [4.69, 9.17) is 4.74 Å². The van der Waals surface area contributed by atoms with E-state index in [1.807, 2.05) is 46.8 Å². The molecule has 0 aromatic heterocycles. The van der Waals surface area contributed by atoms with E-state index >= 15 is 0 Å². The second-order valence-electron chi connectivity index (χ2n) is 8.13. The molecule has 2 heterocycles. The van der Waals surface area contributed by atoms with Gasteiger partial charge in [0.1, 0.15) is 17.3 Å². The van der Waals surface area contributed by atoms with Gasteiger partial charge in [-0.3, -0.25) is 9.21 Å². The van der Waals surface area contributed by atoms with Crippen LogP contribution < -0.4 is 4.31 Å². The summed E-state index contributed by atoms with van der Waals surface area (Å²) >= 11 is 0. The summed E-state index contributed by atoms with van der Waals surface area (Å²) in [6.45, 7) is 2.00. The lowest BCUT2D eigenvalue weighted by Gasteiger charge is -2.26. The van der Waals surface area contributed by atoms with Crippen LogP contribution in [0, 0.1) is 0 Å². The van der Waals surface area contributed by atoms with Crippen molar-refractivity contribution in [2.45, 2.75) is 31.9 Å². The van der Waals surface area contributed by atoms with Gasteiger partial charge in [0, 0.05) is 17.8 Å². The van der Waals surface area contributed by atoms with Crippen LogP contribution in [0.3, 0.4) is 0 Å². The molecule has 1 saturated heterocycles. The molecule has 2 aromatic carbocycles. The van der Waals surface area contributed by atoms with Gasteiger partial charge in [-0.2, -0.15) is 0 Å². The molecule has 0 aliphatic carbocycles. The van der Waals surface area contributed by atoms with E-state index in [9.17, 15) is 17.8 Å². The monoisotopic (exact) mass is 487 g/mol. The Morgan fingerprint density at radius 2 is 1.94 bits per heavy atom. The third-order valence-corrected chi connectivity index (χ3v) is 7.26. The van der Waals surface area contributed by atoms with Crippen molar-refractivity contribution in [1.29, 1.82) is 0 Å². The summed E-state index contributed by atoms with van der Waals surface area (Å²) in [6.07, 6.45) is 1.41. The van der Waals surface area contributed by atoms with Crippen LogP contribution in [0.25, 0.3) is 0 Å². The molecule has 2 aromatic rings. The molecule has 0 bridgehead atoms. The van der Waals surface area contributed by atoms with E-state index in [2.05, 4.69) is 9.89 Å². The largest absolute Gasteiger partial charge is 0.437 e. The zero-order valence-electron chi connectivity index (χ0n) is 18.7. The molecule has 9 heteroatoms. The maximum atomic E-state index is 13.3. The predicted octanol–water partition coefficient (Wildman–Crippen LogP) is 3.95. The summed E-state index contributed by atoms with van der Waals surface area (Å²) < 4.78 is 46.3. The zero-order valence-corrected chi connectivity index (χ0v) is 19.5. The number of hydrogen-bond acceptors (Lipinski definition) is 5. The average molecular weight is 488 g/mol. The Kier molecular flexibility index (Phi) is 8.18. The number of para-hydroxylation sites is 1.